The molecule has 1 N–H and O–H groups in total. The van der Waals surface area contributed by atoms with Crippen LogP contribution in [0.15, 0.2) is 42.5 Å². The lowest BCUT2D eigenvalue weighted by Crippen LogP contribution is -2.32. The molecular formula is C22H21FN2O3. The number of ether oxygens (including phenoxy) is 1. The van der Waals surface area contributed by atoms with Gasteiger partial charge in [-0.15, -0.1) is 0 Å². The Morgan fingerprint density at radius 1 is 1.21 bits per heavy atom. The van der Waals surface area contributed by atoms with Gasteiger partial charge in [-0.2, -0.15) is 0 Å². The largest absolute Gasteiger partial charge is 0.449 e. The van der Waals surface area contributed by atoms with Gasteiger partial charge >= 0.3 is 6.09 Å². The maximum Gasteiger partial charge on any atom is 0.418 e. The van der Waals surface area contributed by atoms with Gasteiger partial charge in [-0.1, -0.05) is 24.3 Å². The number of halogens is 1. The minimum Gasteiger partial charge on any atom is -0.449 e. The van der Waals surface area contributed by atoms with E-state index in [1.54, 1.807) is 11.5 Å². The second-order valence-corrected chi connectivity index (χ2v) is 6.86. The number of ketones is 1. The van der Waals surface area contributed by atoms with Crippen LogP contribution in [0.4, 0.5) is 14.9 Å². The van der Waals surface area contributed by atoms with E-state index in [4.69, 9.17) is 4.74 Å². The van der Waals surface area contributed by atoms with E-state index in [0.29, 0.717) is 24.9 Å². The molecule has 2 heterocycles. The molecule has 1 aliphatic carbocycles. The van der Waals surface area contributed by atoms with Crippen molar-refractivity contribution in [2.24, 2.45) is 5.92 Å². The van der Waals surface area contributed by atoms with Crippen molar-refractivity contribution < 1.29 is 18.7 Å². The summed E-state index contributed by atoms with van der Waals surface area (Å²) < 4.78 is 20.1. The zero-order chi connectivity index (χ0) is 19.7. The van der Waals surface area contributed by atoms with Crippen LogP contribution in [0, 0.1) is 11.7 Å². The van der Waals surface area contributed by atoms with Gasteiger partial charge in [0.15, 0.2) is 5.78 Å². The van der Waals surface area contributed by atoms with Crippen molar-refractivity contribution in [3.05, 3.63) is 70.8 Å². The molecular weight excluding hydrogens is 359 g/mol. The zero-order valence-corrected chi connectivity index (χ0v) is 15.6. The van der Waals surface area contributed by atoms with Crippen molar-refractivity contribution in [3.8, 4) is 0 Å². The number of aromatic nitrogens is 1. The number of hydrogen-bond donors (Lipinski definition) is 1. The summed E-state index contributed by atoms with van der Waals surface area (Å²) in [5, 5.41) is 3.35. The van der Waals surface area contributed by atoms with Crippen LogP contribution in [-0.4, -0.2) is 29.6 Å². The fourth-order valence-electron chi connectivity index (χ4n) is 3.85. The predicted molar refractivity (Wildman–Crippen MR) is 105 cm³/mol. The summed E-state index contributed by atoms with van der Waals surface area (Å²) in [5.41, 5.74) is 3.92. The molecule has 1 unspecified atom stereocenters. The summed E-state index contributed by atoms with van der Waals surface area (Å²) in [6.07, 6.45) is 8.45. The number of hydrogen-bond acceptors (Lipinski definition) is 4. The smallest absolute Gasteiger partial charge is 0.418 e. The maximum absolute atomic E-state index is 13.2. The first kappa shape index (κ1) is 18.2. The number of carbonyl (C=O) groups is 2. The Bertz CT molecular complexity index is 986. The molecule has 144 valence electrons. The molecule has 0 saturated carbocycles. The molecule has 0 spiro atoms. The summed E-state index contributed by atoms with van der Waals surface area (Å²) in [4.78, 5) is 25.6. The number of benzene rings is 1. The van der Waals surface area contributed by atoms with Crippen LogP contribution in [0.1, 0.15) is 34.2 Å². The average Bonchev–Trinajstić information content (AvgIpc) is 2.83. The Balaban J connectivity index is 1.72. The van der Waals surface area contributed by atoms with Gasteiger partial charge in [0.2, 0.25) is 0 Å². The first-order valence-corrected chi connectivity index (χ1v) is 9.40. The highest BCUT2D eigenvalue weighted by Gasteiger charge is 2.33. The van der Waals surface area contributed by atoms with Gasteiger partial charge in [-0.05, 0) is 31.2 Å². The average molecular weight is 380 g/mol. The van der Waals surface area contributed by atoms with E-state index in [2.05, 4.69) is 5.32 Å². The standard InChI is InChI=1S/C22H21FN2O3/c1-2-28-22(27)25-18-7-5-3-4-6-17(18)20-19(25)12-15(13-24-20)21(26)14-8-10-16(23)11-9-14/h3-6,8-11,15,24H,2,7,12-13H2,1H3. The van der Waals surface area contributed by atoms with Crippen molar-refractivity contribution in [2.75, 3.05) is 18.5 Å². The maximum atomic E-state index is 13.2. The second-order valence-electron chi connectivity index (χ2n) is 6.86. The molecule has 0 fully saturated rings. The highest BCUT2D eigenvalue weighted by atomic mass is 19.1. The molecule has 0 bridgehead atoms. The molecule has 5 nitrogen and oxygen atoms in total. The topological polar surface area (TPSA) is 60.3 Å². The molecule has 0 amide bonds. The molecule has 0 radical (unpaired) electrons. The van der Waals surface area contributed by atoms with Crippen LogP contribution in [0.5, 0.6) is 0 Å². The molecule has 4 rings (SSSR count). The fourth-order valence-corrected chi connectivity index (χ4v) is 3.85. The Morgan fingerprint density at radius 2 is 2.00 bits per heavy atom. The number of carbonyl (C=O) groups excluding carboxylic acids is 2. The zero-order valence-electron chi connectivity index (χ0n) is 15.6. The van der Waals surface area contributed by atoms with Gasteiger partial charge in [-0.3, -0.25) is 9.36 Å². The monoisotopic (exact) mass is 380 g/mol. The lowest BCUT2D eigenvalue weighted by atomic mass is 9.90. The van der Waals surface area contributed by atoms with Gasteiger partial charge in [0, 0.05) is 42.1 Å². The quantitative estimate of drug-likeness (QED) is 0.810. The number of allylic oxidation sites excluding steroid dienone is 3. The van der Waals surface area contributed by atoms with E-state index < -0.39 is 6.09 Å². The second kappa shape index (κ2) is 7.46. The van der Waals surface area contributed by atoms with Crippen LogP contribution >= 0.6 is 0 Å². The van der Waals surface area contributed by atoms with Gasteiger partial charge < -0.3 is 10.1 Å². The number of nitrogens with zero attached hydrogens (tertiary/aromatic N) is 1. The molecule has 0 saturated heterocycles. The first-order valence-electron chi connectivity index (χ1n) is 9.40. The van der Waals surface area contributed by atoms with Crippen molar-refractivity contribution in [3.63, 3.8) is 0 Å². The van der Waals surface area contributed by atoms with Crippen LogP contribution < -0.4 is 5.32 Å². The SMILES string of the molecule is CCOC(=O)n1c2c(c3c1CC(C(=O)c1ccc(F)cc1)CN3)C=CC=CC2. The van der Waals surface area contributed by atoms with Crippen molar-refractivity contribution >= 4 is 23.6 Å². The van der Waals surface area contributed by atoms with Gasteiger partial charge in [0.05, 0.1) is 18.0 Å². The van der Waals surface area contributed by atoms with Crippen molar-refractivity contribution in [1.82, 2.24) is 4.57 Å². The highest BCUT2D eigenvalue weighted by Crippen LogP contribution is 2.37. The molecule has 1 aromatic carbocycles. The third kappa shape index (κ3) is 3.15. The normalized spacial score (nSPS) is 17.3. The van der Waals surface area contributed by atoms with E-state index in [1.807, 2.05) is 24.3 Å². The summed E-state index contributed by atoms with van der Waals surface area (Å²) in [7, 11) is 0. The van der Waals surface area contributed by atoms with Gasteiger partial charge in [0.25, 0.3) is 0 Å². The molecule has 1 aromatic heterocycles. The Hall–Kier alpha value is -3.15. The Morgan fingerprint density at radius 3 is 2.75 bits per heavy atom. The highest BCUT2D eigenvalue weighted by molar-refractivity contribution is 5.99. The molecule has 1 aliphatic heterocycles. The van der Waals surface area contributed by atoms with E-state index >= 15 is 0 Å². The van der Waals surface area contributed by atoms with E-state index in [1.165, 1.54) is 24.3 Å². The number of nitrogens with one attached hydrogen (secondary N) is 1. The van der Waals surface area contributed by atoms with Crippen LogP contribution in [-0.2, 0) is 17.6 Å². The Kier molecular flexibility index (Phi) is 4.86. The molecule has 1 atom stereocenters. The van der Waals surface area contributed by atoms with Crippen molar-refractivity contribution in [2.45, 2.75) is 19.8 Å². The molecule has 6 heteroatoms. The lowest BCUT2D eigenvalue weighted by Gasteiger charge is -2.25. The van der Waals surface area contributed by atoms with E-state index in [0.717, 1.165) is 22.6 Å². The first-order chi connectivity index (χ1) is 13.6. The Labute approximate surface area is 162 Å². The molecule has 28 heavy (non-hydrogen) atoms. The van der Waals surface area contributed by atoms with Crippen molar-refractivity contribution in [1.29, 1.82) is 0 Å². The minimum absolute atomic E-state index is 0.0691. The van der Waals surface area contributed by atoms with Crippen LogP contribution in [0.2, 0.25) is 0 Å². The predicted octanol–water partition coefficient (Wildman–Crippen LogP) is 4.22. The third-order valence-corrected chi connectivity index (χ3v) is 5.14. The number of rotatable bonds is 3. The van der Waals surface area contributed by atoms with E-state index in [-0.39, 0.29) is 24.1 Å². The van der Waals surface area contributed by atoms with Crippen LogP contribution in [0.25, 0.3) is 6.08 Å². The fraction of sp³-hybridized carbons (Fsp3) is 0.273. The van der Waals surface area contributed by atoms with Gasteiger partial charge in [0.1, 0.15) is 5.82 Å². The summed E-state index contributed by atoms with van der Waals surface area (Å²) >= 11 is 0. The number of Topliss-reactive ketones (excluding diaryl/α,β-unsaturated/α-hetero) is 1. The third-order valence-electron chi connectivity index (χ3n) is 5.14. The van der Waals surface area contributed by atoms with E-state index in [9.17, 15) is 14.0 Å². The summed E-state index contributed by atoms with van der Waals surface area (Å²) in [6, 6.07) is 5.58. The minimum atomic E-state index is -0.430. The van der Waals surface area contributed by atoms with Gasteiger partial charge in [-0.25, -0.2) is 9.18 Å². The van der Waals surface area contributed by atoms with Crippen LogP contribution in [0.3, 0.4) is 0 Å². The molecule has 2 aliphatic rings. The summed E-state index contributed by atoms with van der Waals surface area (Å²) in [6.45, 7) is 2.51. The summed E-state index contributed by atoms with van der Waals surface area (Å²) in [5.74, 6) is -0.787. The number of anilines is 1. The molecule has 2 aromatic rings. The lowest BCUT2D eigenvalue weighted by molar-refractivity contribution is 0.0921. The number of fused-ring (bicyclic) bond motifs is 3.